The van der Waals surface area contributed by atoms with Gasteiger partial charge < -0.3 is 10.6 Å². The van der Waals surface area contributed by atoms with Gasteiger partial charge in [0.15, 0.2) is 5.69 Å². The van der Waals surface area contributed by atoms with Gasteiger partial charge in [0, 0.05) is 26.2 Å². The first-order chi connectivity index (χ1) is 8.99. The van der Waals surface area contributed by atoms with Gasteiger partial charge in [-0.3, -0.25) is 19.1 Å². The van der Waals surface area contributed by atoms with Crippen LogP contribution in [-0.4, -0.2) is 33.9 Å². The van der Waals surface area contributed by atoms with Gasteiger partial charge in [0.25, 0.3) is 11.8 Å². The molecule has 104 valence electrons. The van der Waals surface area contributed by atoms with Crippen LogP contribution in [0.2, 0.25) is 0 Å². The first kappa shape index (κ1) is 14.9. The summed E-state index contributed by atoms with van der Waals surface area (Å²) in [6, 6.07) is 0. The van der Waals surface area contributed by atoms with E-state index in [2.05, 4.69) is 15.7 Å². The molecule has 0 aliphatic carbocycles. The number of carbonyl (C=O) groups excluding carboxylic acids is 3. The minimum Gasteiger partial charge on any atom is -0.351 e. The average Bonchev–Trinajstić information content (AvgIpc) is 2.78. The summed E-state index contributed by atoms with van der Waals surface area (Å²) in [5.74, 6) is -1.75. The third-order valence-electron chi connectivity index (χ3n) is 2.40. The number of anilines is 1. The Bertz CT molecular complexity index is 493. The van der Waals surface area contributed by atoms with Crippen molar-refractivity contribution in [3.8, 4) is 0 Å². The maximum absolute atomic E-state index is 11.9. The van der Waals surface area contributed by atoms with Crippen molar-refractivity contribution in [3.63, 3.8) is 0 Å². The lowest BCUT2D eigenvalue weighted by Gasteiger charge is -2.03. The molecule has 0 aliphatic heterocycles. The first-order valence-electron chi connectivity index (χ1n) is 6.17. The summed E-state index contributed by atoms with van der Waals surface area (Å²) in [6.45, 7) is 6.04. The van der Waals surface area contributed by atoms with Gasteiger partial charge in [-0.25, -0.2) is 0 Å². The predicted molar refractivity (Wildman–Crippen MR) is 69.8 cm³/mol. The highest BCUT2D eigenvalue weighted by Crippen LogP contribution is 2.14. The van der Waals surface area contributed by atoms with Gasteiger partial charge in [0.2, 0.25) is 5.78 Å². The van der Waals surface area contributed by atoms with Crippen LogP contribution in [0.1, 0.15) is 37.7 Å². The zero-order valence-corrected chi connectivity index (χ0v) is 11.3. The second kappa shape index (κ2) is 6.67. The molecule has 0 aliphatic rings. The summed E-state index contributed by atoms with van der Waals surface area (Å²) in [4.78, 5) is 34.2. The lowest BCUT2D eigenvalue weighted by atomic mass is 10.3. The summed E-state index contributed by atoms with van der Waals surface area (Å²) in [5.41, 5.74) is 0.362. The number of rotatable bonds is 6. The molecule has 0 saturated carbocycles. The molecular weight excluding hydrogens is 248 g/mol. The van der Waals surface area contributed by atoms with Crippen LogP contribution in [0.5, 0.6) is 0 Å². The van der Waals surface area contributed by atoms with Gasteiger partial charge in [-0.1, -0.05) is 6.92 Å². The number of ketones is 1. The number of nitrogens with zero attached hydrogens (tertiary/aromatic N) is 2. The second-order valence-electron chi connectivity index (χ2n) is 4.01. The number of aryl methyl sites for hydroxylation is 1. The van der Waals surface area contributed by atoms with Crippen LogP contribution in [0.15, 0.2) is 6.20 Å². The molecule has 2 N–H and O–H groups in total. The number of hydrogen-bond acceptors (Lipinski definition) is 4. The fraction of sp³-hybridized carbons (Fsp3) is 0.500. The van der Waals surface area contributed by atoms with E-state index in [1.165, 1.54) is 10.9 Å². The van der Waals surface area contributed by atoms with E-state index in [0.717, 1.165) is 13.3 Å². The van der Waals surface area contributed by atoms with Crippen molar-refractivity contribution in [1.29, 1.82) is 0 Å². The molecule has 0 atom stereocenters. The maximum atomic E-state index is 11.9. The number of Topliss-reactive ketones (excluding diaryl/α,β-unsaturated/α-hetero) is 1. The number of amides is 2. The van der Waals surface area contributed by atoms with Crippen LogP contribution in [0.4, 0.5) is 5.69 Å². The van der Waals surface area contributed by atoms with Crippen molar-refractivity contribution in [3.05, 3.63) is 11.9 Å². The van der Waals surface area contributed by atoms with E-state index in [-0.39, 0.29) is 17.3 Å². The van der Waals surface area contributed by atoms with Crippen LogP contribution >= 0.6 is 0 Å². The molecule has 1 aromatic heterocycles. The first-order valence-corrected chi connectivity index (χ1v) is 6.17. The lowest BCUT2D eigenvalue weighted by molar-refractivity contribution is -0.133. The largest absolute Gasteiger partial charge is 0.351 e. The molecule has 7 nitrogen and oxygen atoms in total. The second-order valence-corrected chi connectivity index (χ2v) is 4.01. The molecule has 1 rings (SSSR count). The van der Waals surface area contributed by atoms with Crippen LogP contribution < -0.4 is 10.6 Å². The molecule has 0 unspecified atom stereocenters. The molecule has 0 radical (unpaired) electrons. The van der Waals surface area contributed by atoms with Crippen molar-refractivity contribution in [2.75, 3.05) is 11.9 Å². The summed E-state index contributed by atoms with van der Waals surface area (Å²) >= 11 is 0. The molecule has 0 saturated heterocycles. The topological polar surface area (TPSA) is 93.1 Å². The predicted octanol–water partition coefficient (Wildman–Crippen LogP) is 0.570. The Morgan fingerprint density at radius 3 is 2.53 bits per heavy atom. The van der Waals surface area contributed by atoms with Crippen molar-refractivity contribution in [2.24, 2.45) is 0 Å². The number of aromatic nitrogens is 2. The number of nitrogens with one attached hydrogen (secondary N) is 2. The molecule has 0 fully saturated rings. The minimum atomic E-state index is -0.764. The summed E-state index contributed by atoms with van der Waals surface area (Å²) in [7, 11) is 0. The molecule has 2 amide bonds. The molecular formula is C12H18N4O3. The standard InChI is InChI=1S/C12H18N4O3/c1-4-6-13-12(19)10-9(7-16(5-2)15-10)14-11(18)8(3)17/h7H,4-6H2,1-3H3,(H,13,19)(H,14,18). The zero-order chi connectivity index (χ0) is 14.4. The van der Waals surface area contributed by atoms with Crippen molar-refractivity contribution in [2.45, 2.75) is 33.7 Å². The smallest absolute Gasteiger partial charge is 0.291 e. The maximum Gasteiger partial charge on any atom is 0.291 e. The van der Waals surface area contributed by atoms with Crippen LogP contribution in [0.25, 0.3) is 0 Å². The van der Waals surface area contributed by atoms with E-state index in [0.29, 0.717) is 13.1 Å². The van der Waals surface area contributed by atoms with Crippen molar-refractivity contribution in [1.82, 2.24) is 15.1 Å². The number of hydrogen-bond donors (Lipinski definition) is 2. The van der Waals surface area contributed by atoms with E-state index in [4.69, 9.17) is 0 Å². The van der Waals surface area contributed by atoms with E-state index in [1.54, 1.807) is 0 Å². The fourth-order valence-corrected chi connectivity index (χ4v) is 1.38. The van der Waals surface area contributed by atoms with E-state index in [1.807, 2.05) is 13.8 Å². The normalized spacial score (nSPS) is 10.1. The third-order valence-corrected chi connectivity index (χ3v) is 2.40. The van der Waals surface area contributed by atoms with E-state index in [9.17, 15) is 14.4 Å². The molecule has 0 spiro atoms. The van der Waals surface area contributed by atoms with Crippen LogP contribution in [-0.2, 0) is 16.1 Å². The van der Waals surface area contributed by atoms with Crippen LogP contribution in [0, 0.1) is 0 Å². The summed E-state index contributed by atoms with van der Waals surface area (Å²) in [6.07, 6.45) is 2.33. The third kappa shape index (κ3) is 3.90. The Balaban J connectivity index is 2.95. The summed E-state index contributed by atoms with van der Waals surface area (Å²) in [5, 5.41) is 9.14. The van der Waals surface area contributed by atoms with E-state index < -0.39 is 11.7 Å². The molecule has 0 bridgehead atoms. The molecule has 19 heavy (non-hydrogen) atoms. The Kier molecular flexibility index (Phi) is 5.23. The molecule has 1 heterocycles. The van der Waals surface area contributed by atoms with Gasteiger partial charge in [0.1, 0.15) is 0 Å². The Labute approximate surface area is 111 Å². The quantitative estimate of drug-likeness (QED) is 0.736. The molecule has 0 aromatic carbocycles. The zero-order valence-electron chi connectivity index (χ0n) is 11.3. The van der Waals surface area contributed by atoms with Crippen molar-refractivity contribution < 1.29 is 14.4 Å². The highest BCUT2D eigenvalue weighted by Gasteiger charge is 2.19. The Morgan fingerprint density at radius 2 is 2.00 bits per heavy atom. The Morgan fingerprint density at radius 1 is 1.32 bits per heavy atom. The molecule has 7 heteroatoms. The Hall–Kier alpha value is -2.18. The van der Waals surface area contributed by atoms with Gasteiger partial charge in [-0.2, -0.15) is 5.10 Å². The average molecular weight is 266 g/mol. The van der Waals surface area contributed by atoms with Gasteiger partial charge in [-0.05, 0) is 13.3 Å². The SMILES string of the molecule is CCCNC(=O)c1nn(CC)cc1NC(=O)C(C)=O. The van der Waals surface area contributed by atoms with Crippen molar-refractivity contribution >= 4 is 23.3 Å². The van der Waals surface area contributed by atoms with Gasteiger partial charge in [0.05, 0.1) is 5.69 Å². The molecule has 1 aromatic rings. The number of carbonyl (C=O) groups is 3. The highest BCUT2D eigenvalue weighted by atomic mass is 16.2. The fourth-order valence-electron chi connectivity index (χ4n) is 1.38. The highest BCUT2D eigenvalue weighted by molar-refractivity contribution is 6.40. The summed E-state index contributed by atoms with van der Waals surface area (Å²) < 4.78 is 1.52. The monoisotopic (exact) mass is 266 g/mol. The van der Waals surface area contributed by atoms with Crippen LogP contribution in [0.3, 0.4) is 0 Å². The van der Waals surface area contributed by atoms with Gasteiger partial charge in [-0.15, -0.1) is 0 Å². The van der Waals surface area contributed by atoms with E-state index >= 15 is 0 Å². The lowest BCUT2D eigenvalue weighted by Crippen LogP contribution is -2.27. The minimum absolute atomic E-state index is 0.116. The van der Waals surface area contributed by atoms with Gasteiger partial charge >= 0.3 is 0 Å².